The third-order valence-electron chi connectivity index (χ3n) is 3.66. The molecule has 0 saturated carbocycles. The number of rotatable bonds is 4. The molecule has 1 aliphatic heterocycles. The van der Waals surface area contributed by atoms with E-state index in [-0.39, 0.29) is 11.9 Å². The molecule has 0 radical (unpaired) electrons. The molecule has 0 saturated heterocycles. The molecule has 1 atom stereocenters. The molecule has 0 spiro atoms. The Balaban J connectivity index is 1.98. The largest absolute Gasteiger partial charge is 0.355 e. The minimum atomic E-state index is -0.0477. The van der Waals surface area contributed by atoms with Gasteiger partial charge in [0.25, 0.3) is 0 Å². The van der Waals surface area contributed by atoms with E-state index >= 15 is 0 Å². The first-order chi connectivity index (χ1) is 9.22. The summed E-state index contributed by atoms with van der Waals surface area (Å²) in [4.78, 5) is 14.0. The highest BCUT2D eigenvalue weighted by atomic mass is 16.2. The molecule has 1 amide bonds. The van der Waals surface area contributed by atoms with Crippen LogP contribution in [0.5, 0.6) is 0 Å². The van der Waals surface area contributed by atoms with Gasteiger partial charge in [0, 0.05) is 19.6 Å². The number of carbonyl (C=O) groups excluding carboxylic acids is 1. The van der Waals surface area contributed by atoms with Crippen LogP contribution in [0.15, 0.2) is 36.4 Å². The lowest BCUT2D eigenvalue weighted by Crippen LogP contribution is -2.46. The summed E-state index contributed by atoms with van der Waals surface area (Å²) in [5.74, 6) is 0.124. The summed E-state index contributed by atoms with van der Waals surface area (Å²) in [7, 11) is 0. The van der Waals surface area contributed by atoms with Crippen LogP contribution >= 0.6 is 0 Å². The average Bonchev–Trinajstić information content (AvgIpc) is 2.48. The van der Waals surface area contributed by atoms with Crippen molar-refractivity contribution in [2.75, 3.05) is 19.6 Å². The van der Waals surface area contributed by atoms with Gasteiger partial charge in [-0.25, -0.2) is 0 Å². The maximum absolute atomic E-state index is 11.8. The first kappa shape index (κ1) is 13.8. The Hall–Kier alpha value is -1.61. The van der Waals surface area contributed by atoms with Crippen molar-refractivity contribution in [2.24, 2.45) is 0 Å². The molecule has 0 aromatic heterocycles. The molecule has 1 aromatic carbocycles. The van der Waals surface area contributed by atoms with E-state index in [9.17, 15) is 4.79 Å². The molecule has 2 rings (SSSR count). The summed E-state index contributed by atoms with van der Waals surface area (Å²) in [5, 5.41) is 2.88. The van der Waals surface area contributed by atoms with Crippen molar-refractivity contribution in [1.29, 1.82) is 0 Å². The van der Waals surface area contributed by atoms with E-state index in [1.54, 1.807) is 0 Å². The fourth-order valence-electron chi connectivity index (χ4n) is 2.44. The molecular weight excluding hydrogens is 236 g/mol. The second-order valence-corrected chi connectivity index (χ2v) is 4.91. The Kier molecular flexibility index (Phi) is 4.74. The van der Waals surface area contributed by atoms with E-state index in [2.05, 4.69) is 40.6 Å². The summed E-state index contributed by atoms with van der Waals surface area (Å²) in [6, 6.07) is 10.4. The average molecular weight is 258 g/mol. The van der Waals surface area contributed by atoms with Crippen molar-refractivity contribution >= 4 is 11.5 Å². The predicted octanol–water partition coefficient (Wildman–Crippen LogP) is 2.30. The van der Waals surface area contributed by atoms with E-state index in [4.69, 9.17) is 0 Å². The van der Waals surface area contributed by atoms with Gasteiger partial charge in [-0.1, -0.05) is 36.4 Å². The fraction of sp³-hybridized carbons (Fsp3) is 0.438. The van der Waals surface area contributed by atoms with Crippen molar-refractivity contribution < 1.29 is 4.79 Å². The highest BCUT2D eigenvalue weighted by Gasteiger charge is 2.22. The normalized spacial score (nSPS) is 17.7. The molecular formula is C16H22N2O. The van der Waals surface area contributed by atoms with Crippen molar-refractivity contribution in [3.63, 3.8) is 0 Å². The number of benzene rings is 1. The van der Waals surface area contributed by atoms with Crippen LogP contribution < -0.4 is 5.32 Å². The molecule has 3 nitrogen and oxygen atoms in total. The number of carbonyl (C=O) groups is 1. The van der Waals surface area contributed by atoms with E-state index in [0.29, 0.717) is 6.54 Å². The van der Waals surface area contributed by atoms with Gasteiger partial charge in [-0.05, 0) is 31.4 Å². The second-order valence-electron chi connectivity index (χ2n) is 4.91. The molecule has 0 bridgehead atoms. The summed E-state index contributed by atoms with van der Waals surface area (Å²) in [5.41, 5.74) is 2.69. The van der Waals surface area contributed by atoms with Crippen LogP contribution in [-0.4, -0.2) is 36.5 Å². The van der Waals surface area contributed by atoms with E-state index in [0.717, 1.165) is 19.5 Å². The molecule has 1 aliphatic rings. The Morgan fingerprint density at radius 2 is 2.11 bits per heavy atom. The second kappa shape index (κ2) is 6.53. The van der Waals surface area contributed by atoms with Gasteiger partial charge >= 0.3 is 0 Å². The van der Waals surface area contributed by atoms with Crippen molar-refractivity contribution in [2.45, 2.75) is 26.3 Å². The number of amides is 1. The standard InChI is InChI=1S/C16H22N2O/c1-3-17-16(19)13(2)18-11-9-15(10-12-18)14-7-5-4-6-8-14/h4-9,13H,3,10-12H2,1-2H3,(H,17,19)/t13-/m1/s1. The van der Waals surface area contributed by atoms with Crippen LogP contribution in [-0.2, 0) is 4.79 Å². The van der Waals surface area contributed by atoms with Crippen LogP contribution in [0, 0.1) is 0 Å². The van der Waals surface area contributed by atoms with Gasteiger partial charge in [-0.15, -0.1) is 0 Å². The minimum Gasteiger partial charge on any atom is -0.355 e. The molecule has 1 aromatic rings. The van der Waals surface area contributed by atoms with Crippen molar-refractivity contribution in [1.82, 2.24) is 10.2 Å². The number of likely N-dealkylation sites (N-methyl/N-ethyl adjacent to an activating group) is 1. The molecule has 102 valence electrons. The zero-order valence-corrected chi connectivity index (χ0v) is 11.7. The SMILES string of the molecule is CCNC(=O)[C@@H](C)N1CC=C(c2ccccc2)CC1. The van der Waals surface area contributed by atoms with Gasteiger partial charge in [-0.3, -0.25) is 9.69 Å². The maximum atomic E-state index is 11.8. The Bertz CT molecular complexity index is 453. The Labute approximate surface area is 115 Å². The molecule has 3 heteroatoms. The van der Waals surface area contributed by atoms with E-state index in [1.807, 2.05) is 19.9 Å². The number of nitrogens with one attached hydrogen (secondary N) is 1. The monoisotopic (exact) mass is 258 g/mol. The highest BCUT2D eigenvalue weighted by Crippen LogP contribution is 2.22. The predicted molar refractivity (Wildman–Crippen MR) is 78.8 cm³/mol. The van der Waals surface area contributed by atoms with Gasteiger partial charge in [0.1, 0.15) is 0 Å². The lowest BCUT2D eigenvalue weighted by atomic mass is 9.99. The van der Waals surface area contributed by atoms with Crippen LogP contribution in [0.1, 0.15) is 25.8 Å². The van der Waals surface area contributed by atoms with Gasteiger partial charge < -0.3 is 5.32 Å². The third kappa shape index (κ3) is 3.44. The van der Waals surface area contributed by atoms with Crippen LogP contribution in [0.3, 0.4) is 0 Å². The summed E-state index contributed by atoms with van der Waals surface area (Å²) < 4.78 is 0. The van der Waals surface area contributed by atoms with Gasteiger partial charge in [-0.2, -0.15) is 0 Å². The summed E-state index contributed by atoms with van der Waals surface area (Å²) in [6.45, 7) is 6.42. The van der Waals surface area contributed by atoms with Crippen LogP contribution in [0.2, 0.25) is 0 Å². The zero-order valence-electron chi connectivity index (χ0n) is 11.7. The summed E-state index contributed by atoms with van der Waals surface area (Å²) >= 11 is 0. The van der Waals surface area contributed by atoms with E-state index in [1.165, 1.54) is 11.1 Å². The first-order valence-corrected chi connectivity index (χ1v) is 6.98. The summed E-state index contributed by atoms with van der Waals surface area (Å²) in [6.07, 6.45) is 3.25. The number of nitrogens with zero attached hydrogens (tertiary/aromatic N) is 1. The zero-order chi connectivity index (χ0) is 13.7. The lowest BCUT2D eigenvalue weighted by molar-refractivity contribution is -0.125. The van der Waals surface area contributed by atoms with Gasteiger partial charge in [0.05, 0.1) is 6.04 Å². The molecule has 19 heavy (non-hydrogen) atoms. The molecule has 0 unspecified atom stereocenters. The molecule has 0 fully saturated rings. The number of hydrogen-bond acceptors (Lipinski definition) is 2. The Morgan fingerprint density at radius 1 is 1.37 bits per heavy atom. The van der Waals surface area contributed by atoms with Crippen molar-refractivity contribution in [3.05, 3.63) is 42.0 Å². The molecule has 1 heterocycles. The molecule has 0 aliphatic carbocycles. The maximum Gasteiger partial charge on any atom is 0.237 e. The third-order valence-corrected chi connectivity index (χ3v) is 3.66. The van der Waals surface area contributed by atoms with E-state index < -0.39 is 0 Å². The van der Waals surface area contributed by atoms with Crippen molar-refractivity contribution in [3.8, 4) is 0 Å². The van der Waals surface area contributed by atoms with Gasteiger partial charge in [0.2, 0.25) is 5.91 Å². The first-order valence-electron chi connectivity index (χ1n) is 6.98. The minimum absolute atomic E-state index is 0.0477. The quantitative estimate of drug-likeness (QED) is 0.898. The fourth-order valence-corrected chi connectivity index (χ4v) is 2.44. The molecule has 1 N–H and O–H groups in total. The highest BCUT2D eigenvalue weighted by molar-refractivity contribution is 5.81. The Morgan fingerprint density at radius 3 is 2.68 bits per heavy atom. The van der Waals surface area contributed by atoms with Crippen LogP contribution in [0.25, 0.3) is 5.57 Å². The lowest BCUT2D eigenvalue weighted by Gasteiger charge is -2.31. The number of hydrogen-bond donors (Lipinski definition) is 1. The van der Waals surface area contributed by atoms with Crippen LogP contribution in [0.4, 0.5) is 0 Å². The smallest absolute Gasteiger partial charge is 0.237 e. The van der Waals surface area contributed by atoms with Gasteiger partial charge in [0.15, 0.2) is 0 Å². The topological polar surface area (TPSA) is 32.3 Å².